The lowest BCUT2D eigenvalue weighted by molar-refractivity contribution is -0.385. The summed E-state index contributed by atoms with van der Waals surface area (Å²) in [5.74, 6) is -1.36. The summed E-state index contributed by atoms with van der Waals surface area (Å²) >= 11 is 0. The van der Waals surface area contributed by atoms with Gasteiger partial charge in [-0.15, -0.1) is 0 Å². The Kier molecular flexibility index (Phi) is 8.94. The molecule has 4 rings (SSSR count). The minimum atomic E-state index is -1.36. The van der Waals surface area contributed by atoms with Crippen LogP contribution in [-0.2, 0) is 11.2 Å². The molecular formula is C32H34N2O6. The highest BCUT2D eigenvalue weighted by atomic mass is 16.6. The Morgan fingerprint density at radius 1 is 1.00 bits per heavy atom. The van der Waals surface area contributed by atoms with E-state index < -0.39 is 28.8 Å². The molecule has 0 aliphatic rings. The number of nitrogens with zero attached hydrogens (tertiary/aromatic N) is 1. The smallest absolute Gasteiger partial charge is 0.342 e. The maximum atomic E-state index is 11.5. The average molecular weight is 543 g/mol. The third-order valence-corrected chi connectivity index (χ3v) is 6.95. The quantitative estimate of drug-likeness (QED) is 0.145. The lowest BCUT2D eigenvalue weighted by Crippen LogP contribution is -2.46. The minimum Gasteiger partial charge on any atom is -0.477 e. The summed E-state index contributed by atoms with van der Waals surface area (Å²) in [6, 6.07) is 26.1. The van der Waals surface area contributed by atoms with Gasteiger partial charge in [-0.2, -0.15) is 0 Å². The number of hydrogen-bond acceptors (Lipinski definition) is 6. The molecule has 0 aliphatic carbocycles. The van der Waals surface area contributed by atoms with Crippen LogP contribution in [0, 0.1) is 10.1 Å². The molecule has 0 aliphatic heterocycles. The first-order valence-electron chi connectivity index (χ1n) is 13.2. The van der Waals surface area contributed by atoms with Gasteiger partial charge in [-0.1, -0.05) is 72.8 Å². The second kappa shape index (κ2) is 12.4. The Bertz CT molecular complexity index is 1520. The van der Waals surface area contributed by atoms with Crippen LogP contribution in [0.1, 0.15) is 48.4 Å². The fraction of sp³-hybridized carbons (Fsp3) is 0.281. The van der Waals surface area contributed by atoms with Gasteiger partial charge in [-0.05, 0) is 66.3 Å². The van der Waals surface area contributed by atoms with E-state index in [-0.39, 0.29) is 17.7 Å². The molecule has 1 unspecified atom stereocenters. The van der Waals surface area contributed by atoms with E-state index in [1.165, 1.54) is 28.5 Å². The molecule has 8 nitrogen and oxygen atoms in total. The van der Waals surface area contributed by atoms with Gasteiger partial charge < -0.3 is 20.3 Å². The van der Waals surface area contributed by atoms with Crippen LogP contribution in [0.25, 0.3) is 21.9 Å². The molecule has 8 heteroatoms. The van der Waals surface area contributed by atoms with Crippen molar-refractivity contribution in [1.82, 2.24) is 5.32 Å². The molecule has 0 bridgehead atoms. The molecule has 0 amide bonds. The molecule has 0 radical (unpaired) electrons. The van der Waals surface area contributed by atoms with Crippen LogP contribution in [-0.4, -0.2) is 45.9 Å². The number of nitro groups is 1. The Labute approximate surface area is 233 Å². The van der Waals surface area contributed by atoms with E-state index >= 15 is 0 Å². The highest BCUT2D eigenvalue weighted by Crippen LogP contribution is 2.33. The normalized spacial score (nSPS) is 13.2. The maximum absolute atomic E-state index is 11.5. The van der Waals surface area contributed by atoms with Crippen LogP contribution in [0.2, 0.25) is 0 Å². The monoisotopic (exact) mass is 542 g/mol. The molecule has 208 valence electrons. The first-order chi connectivity index (χ1) is 19.0. The van der Waals surface area contributed by atoms with Gasteiger partial charge in [0.1, 0.15) is 5.56 Å². The number of nitrogens with one attached hydrogen (secondary N) is 1. The van der Waals surface area contributed by atoms with Gasteiger partial charge in [-0.25, -0.2) is 4.79 Å². The summed E-state index contributed by atoms with van der Waals surface area (Å²) < 4.78 is 6.01. The van der Waals surface area contributed by atoms with E-state index in [1.807, 2.05) is 37.3 Å². The third kappa shape index (κ3) is 7.09. The Morgan fingerprint density at radius 2 is 1.70 bits per heavy atom. The number of benzene rings is 4. The predicted octanol–water partition coefficient (Wildman–Crippen LogP) is 6.16. The zero-order valence-corrected chi connectivity index (χ0v) is 22.8. The number of nitro benzene ring substituents is 1. The first-order valence-corrected chi connectivity index (χ1v) is 13.2. The van der Waals surface area contributed by atoms with Gasteiger partial charge in [0.05, 0.1) is 23.7 Å². The SMILES string of the molecule is CC(OC[C@H](O)CNC(C)(C)Cc1ccc2ccccc2c1)c1ccccc1-c1ccc(C(=O)O)c([N+](=O)[O-])c1. The number of rotatable bonds is 12. The fourth-order valence-electron chi connectivity index (χ4n) is 4.87. The van der Waals surface area contributed by atoms with Crippen molar-refractivity contribution in [3.8, 4) is 11.1 Å². The molecule has 0 spiro atoms. The average Bonchev–Trinajstić information content (AvgIpc) is 2.94. The summed E-state index contributed by atoms with van der Waals surface area (Å²) in [4.78, 5) is 22.2. The van der Waals surface area contributed by atoms with Gasteiger partial charge in [0.25, 0.3) is 5.69 Å². The van der Waals surface area contributed by atoms with Crippen molar-refractivity contribution in [2.75, 3.05) is 13.2 Å². The molecule has 0 saturated heterocycles. The lowest BCUT2D eigenvalue weighted by Gasteiger charge is -2.28. The van der Waals surface area contributed by atoms with Crippen molar-refractivity contribution in [2.24, 2.45) is 0 Å². The van der Waals surface area contributed by atoms with Crippen molar-refractivity contribution in [3.05, 3.63) is 112 Å². The first kappa shape index (κ1) is 28.9. The number of carboxylic acid groups (broad SMARTS) is 1. The second-order valence-corrected chi connectivity index (χ2v) is 10.6. The number of fused-ring (bicyclic) bond motifs is 1. The molecule has 4 aromatic rings. The van der Waals surface area contributed by atoms with Crippen LogP contribution in [0.15, 0.2) is 84.9 Å². The van der Waals surface area contributed by atoms with Crippen molar-refractivity contribution < 1.29 is 24.7 Å². The number of aliphatic hydroxyl groups excluding tert-OH is 1. The van der Waals surface area contributed by atoms with E-state index in [4.69, 9.17) is 4.74 Å². The Hall–Kier alpha value is -4.11. The highest BCUT2D eigenvalue weighted by molar-refractivity contribution is 5.93. The standard InChI is InChI=1S/C32H34N2O6/c1-21(27-10-6-7-11-28(27)25-14-15-29(31(36)37)30(17-25)34(38)39)40-20-26(35)19-33-32(2,3)18-22-12-13-23-8-4-5-9-24(23)16-22/h4-17,21,26,33,35H,18-20H2,1-3H3,(H,36,37)/t21?,26-/m1/s1. The Morgan fingerprint density at radius 3 is 2.42 bits per heavy atom. The molecular weight excluding hydrogens is 508 g/mol. The van der Waals surface area contributed by atoms with E-state index in [0.29, 0.717) is 17.7 Å². The van der Waals surface area contributed by atoms with Crippen LogP contribution >= 0.6 is 0 Å². The van der Waals surface area contributed by atoms with Crippen molar-refractivity contribution in [1.29, 1.82) is 0 Å². The van der Waals surface area contributed by atoms with Gasteiger partial charge in [-0.3, -0.25) is 10.1 Å². The molecule has 2 atom stereocenters. The molecule has 0 saturated carbocycles. The molecule has 0 fully saturated rings. The van der Waals surface area contributed by atoms with Gasteiger partial charge >= 0.3 is 5.97 Å². The number of carbonyl (C=O) groups is 1. The number of aliphatic hydroxyl groups is 1. The number of carboxylic acids is 1. The maximum Gasteiger partial charge on any atom is 0.342 e. The van der Waals surface area contributed by atoms with E-state index in [1.54, 1.807) is 12.1 Å². The third-order valence-electron chi connectivity index (χ3n) is 6.95. The molecule has 0 heterocycles. The molecule has 4 aromatic carbocycles. The van der Waals surface area contributed by atoms with Crippen LogP contribution < -0.4 is 5.32 Å². The molecule has 0 aromatic heterocycles. The molecule has 40 heavy (non-hydrogen) atoms. The van der Waals surface area contributed by atoms with Gasteiger partial charge in [0.2, 0.25) is 0 Å². The summed E-state index contributed by atoms with van der Waals surface area (Å²) in [7, 11) is 0. The van der Waals surface area contributed by atoms with Crippen molar-refractivity contribution >= 4 is 22.4 Å². The lowest BCUT2D eigenvalue weighted by atomic mass is 9.93. The minimum absolute atomic E-state index is 0.0899. The number of hydrogen-bond donors (Lipinski definition) is 3. The Balaban J connectivity index is 1.37. The fourth-order valence-corrected chi connectivity index (χ4v) is 4.87. The summed E-state index contributed by atoms with van der Waals surface area (Å²) in [5.41, 5.74) is 2.11. The number of aromatic carboxylic acids is 1. The van der Waals surface area contributed by atoms with E-state index in [0.717, 1.165) is 12.0 Å². The highest BCUT2D eigenvalue weighted by Gasteiger charge is 2.23. The molecule has 3 N–H and O–H groups in total. The summed E-state index contributed by atoms with van der Waals surface area (Å²) in [6.07, 6.45) is -0.377. The van der Waals surface area contributed by atoms with Crippen LogP contribution in [0.3, 0.4) is 0 Å². The van der Waals surface area contributed by atoms with Crippen LogP contribution in [0.5, 0.6) is 0 Å². The largest absolute Gasteiger partial charge is 0.477 e. The number of ether oxygens (including phenoxy) is 1. The number of β-amino-alcohol motifs (C(OH)–C–C–N with tert-alkyl or cyclic N) is 1. The zero-order valence-electron chi connectivity index (χ0n) is 22.8. The van der Waals surface area contributed by atoms with Crippen molar-refractivity contribution in [2.45, 2.75) is 44.9 Å². The summed E-state index contributed by atoms with van der Waals surface area (Å²) in [6.45, 7) is 6.49. The van der Waals surface area contributed by atoms with E-state index in [2.05, 4.69) is 49.5 Å². The van der Waals surface area contributed by atoms with Crippen molar-refractivity contribution in [3.63, 3.8) is 0 Å². The van der Waals surface area contributed by atoms with E-state index in [9.17, 15) is 25.1 Å². The predicted molar refractivity (Wildman–Crippen MR) is 156 cm³/mol. The topological polar surface area (TPSA) is 122 Å². The van der Waals surface area contributed by atoms with Gasteiger partial charge in [0.15, 0.2) is 0 Å². The van der Waals surface area contributed by atoms with Crippen LogP contribution in [0.4, 0.5) is 5.69 Å². The summed E-state index contributed by atoms with van der Waals surface area (Å²) in [5, 5.41) is 37.3. The zero-order chi connectivity index (χ0) is 28.9. The van der Waals surface area contributed by atoms with Gasteiger partial charge in [0, 0.05) is 18.2 Å². The second-order valence-electron chi connectivity index (χ2n) is 10.6.